The van der Waals surface area contributed by atoms with Crippen molar-refractivity contribution in [1.29, 1.82) is 0 Å². The molecule has 2 aliphatic heterocycles. The lowest BCUT2D eigenvalue weighted by atomic mass is 9.98. The molecule has 2 N–H and O–H groups in total. The molecule has 0 radical (unpaired) electrons. The molecule has 6 nitrogen and oxygen atoms in total. The summed E-state index contributed by atoms with van der Waals surface area (Å²) in [6.45, 7) is 1.48. The van der Waals surface area contributed by atoms with Gasteiger partial charge in [-0.3, -0.25) is 0 Å². The molecule has 2 aliphatic rings. The van der Waals surface area contributed by atoms with Crippen LogP contribution in [0.1, 0.15) is 6.92 Å². The zero-order valence-electron chi connectivity index (χ0n) is 8.66. The predicted molar refractivity (Wildman–Crippen MR) is 50.5 cm³/mol. The first-order chi connectivity index (χ1) is 7.17. The van der Waals surface area contributed by atoms with E-state index in [9.17, 15) is 5.11 Å². The molecule has 0 amide bonds. The van der Waals surface area contributed by atoms with E-state index in [2.05, 4.69) is 4.99 Å². The molecule has 0 bridgehead atoms. The number of aliphatic hydroxyl groups excluding tert-OH is 2. The van der Waals surface area contributed by atoms with Crippen LogP contribution in [-0.4, -0.2) is 60.5 Å². The Labute approximate surface area is 87.5 Å². The van der Waals surface area contributed by atoms with Gasteiger partial charge in [0.05, 0.1) is 6.61 Å². The van der Waals surface area contributed by atoms with Gasteiger partial charge in [0.2, 0.25) is 6.29 Å². The number of hydrogen-bond acceptors (Lipinski definition) is 6. The van der Waals surface area contributed by atoms with Gasteiger partial charge in [-0.25, -0.2) is 4.99 Å². The maximum atomic E-state index is 9.96. The van der Waals surface area contributed by atoms with Crippen LogP contribution in [0.15, 0.2) is 4.99 Å². The highest BCUT2D eigenvalue weighted by Gasteiger charge is 2.49. The first kappa shape index (κ1) is 10.8. The average molecular weight is 217 g/mol. The monoisotopic (exact) mass is 217 g/mol. The fourth-order valence-electron chi connectivity index (χ4n) is 1.99. The highest BCUT2D eigenvalue weighted by Crippen LogP contribution is 2.29. The second-order valence-electron chi connectivity index (χ2n) is 3.67. The number of rotatable bonds is 2. The molecule has 0 aromatic carbocycles. The van der Waals surface area contributed by atoms with E-state index in [0.717, 1.165) is 0 Å². The van der Waals surface area contributed by atoms with Crippen LogP contribution in [0.2, 0.25) is 0 Å². The van der Waals surface area contributed by atoms with E-state index in [0.29, 0.717) is 5.90 Å². The van der Waals surface area contributed by atoms with Gasteiger partial charge >= 0.3 is 0 Å². The van der Waals surface area contributed by atoms with Crippen LogP contribution in [-0.2, 0) is 14.2 Å². The fraction of sp³-hybridized carbons (Fsp3) is 0.889. The number of nitrogens with zero attached hydrogens (tertiary/aromatic N) is 1. The molecule has 0 aromatic rings. The minimum absolute atomic E-state index is 0.221. The van der Waals surface area contributed by atoms with Gasteiger partial charge in [0.25, 0.3) is 0 Å². The summed E-state index contributed by atoms with van der Waals surface area (Å²) in [4.78, 5) is 4.12. The van der Waals surface area contributed by atoms with Crippen molar-refractivity contribution in [2.45, 2.75) is 37.6 Å². The lowest BCUT2D eigenvalue weighted by Gasteiger charge is -2.38. The number of methoxy groups -OCH3 is 1. The molecule has 86 valence electrons. The summed E-state index contributed by atoms with van der Waals surface area (Å²) < 4.78 is 15.8. The van der Waals surface area contributed by atoms with Crippen LogP contribution in [0.4, 0.5) is 0 Å². The summed E-state index contributed by atoms with van der Waals surface area (Å²) in [7, 11) is 1.46. The molecule has 2 rings (SSSR count). The van der Waals surface area contributed by atoms with Crippen LogP contribution in [0.5, 0.6) is 0 Å². The van der Waals surface area contributed by atoms with Crippen molar-refractivity contribution in [1.82, 2.24) is 0 Å². The Kier molecular flexibility index (Phi) is 2.92. The molecule has 0 spiro atoms. The summed E-state index contributed by atoms with van der Waals surface area (Å²) in [5, 5.41) is 19.0. The number of aliphatic hydroxyl groups is 2. The number of fused-ring (bicyclic) bond motifs is 1. The summed E-state index contributed by atoms with van der Waals surface area (Å²) in [6.07, 6.45) is -2.58. The third-order valence-corrected chi connectivity index (χ3v) is 2.71. The van der Waals surface area contributed by atoms with Crippen LogP contribution in [0.3, 0.4) is 0 Å². The van der Waals surface area contributed by atoms with E-state index in [-0.39, 0.29) is 6.61 Å². The van der Waals surface area contributed by atoms with Crippen molar-refractivity contribution in [3.63, 3.8) is 0 Å². The van der Waals surface area contributed by atoms with E-state index >= 15 is 0 Å². The van der Waals surface area contributed by atoms with Crippen LogP contribution < -0.4 is 0 Å². The molecule has 15 heavy (non-hydrogen) atoms. The van der Waals surface area contributed by atoms with E-state index in [1.165, 1.54) is 7.11 Å². The molecule has 0 aromatic heterocycles. The topological polar surface area (TPSA) is 80.5 Å². The Morgan fingerprint density at radius 1 is 1.53 bits per heavy atom. The van der Waals surface area contributed by atoms with Gasteiger partial charge < -0.3 is 24.4 Å². The second-order valence-corrected chi connectivity index (χ2v) is 3.67. The smallest absolute Gasteiger partial charge is 0.227 e. The van der Waals surface area contributed by atoms with Gasteiger partial charge in [0.15, 0.2) is 5.90 Å². The molecule has 2 unspecified atom stereocenters. The quantitative estimate of drug-likeness (QED) is 0.613. The number of hydrogen-bond donors (Lipinski definition) is 2. The molecule has 6 heteroatoms. The van der Waals surface area contributed by atoms with Crippen molar-refractivity contribution >= 4 is 5.90 Å². The Morgan fingerprint density at radius 3 is 2.87 bits per heavy atom. The molecular weight excluding hydrogens is 202 g/mol. The molecular formula is C9H15NO5. The fourth-order valence-corrected chi connectivity index (χ4v) is 1.99. The van der Waals surface area contributed by atoms with Crippen molar-refractivity contribution < 1.29 is 24.4 Å². The second kappa shape index (κ2) is 4.05. The van der Waals surface area contributed by atoms with Crippen molar-refractivity contribution in [3.05, 3.63) is 0 Å². The molecule has 5 atom stereocenters. The molecule has 1 saturated heterocycles. The minimum atomic E-state index is -0.816. The maximum absolute atomic E-state index is 9.96. The Morgan fingerprint density at radius 2 is 2.27 bits per heavy atom. The van der Waals surface area contributed by atoms with Gasteiger partial charge in [0, 0.05) is 14.0 Å². The lowest BCUT2D eigenvalue weighted by Crippen LogP contribution is -2.57. The average Bonchev–Trinajstić information content (AvgIpc) is 2.59. The van der Waals surface area contributed by atoms with E-state index < -0.39 is 30.6 Å². The van der Waals surface area contributed by atoms with Crippen LogP contribution in [0.25, 0.3) is 0 Å². The van der Waals surface area contributed by atoms with E-state index in [1.54, 1.807) is 6.92 Å². The first-order valence-corrected chi connectivity index (χ1v) is 4.85. The summed E-state index contributed by atoms with van der Waals surface area (Å²) >= 11 is 0. The Balaban J connectivity index is 2.16. The van der Waals surface area contributed by atoms with E-state index in [1.807, 2.05) is 0 Å². The third kappa shape index (κ3) is 1.74. The van der Waals surface area contributed by atoms with Crippen molar-refractivity contribution in [2.75, 3.05) is 13.7 Å². The van der Waals surface area contributed by atoms with Crippen LogP contribution >= 0.6 is 0 Å². The summed E-state index contributed by atoms with van der Waals surface area (Å²) in [5.74, 6) is 0.484. The summed E-state index contributed by atoms with van der Waals surface area (Å²) in [5.41, 5.74) is 0. The molecule has 2 heterocycles. The lowest BCUT2D eigenvalue weighted by molar-refractivity contribution is -0.240. The number of aliphatic imine (C=N–C) groups is 1. The standard InChI is InChI=1S/C9H15NO5/c1-4-10-6-7(12)8(13-2)5(3-11)15-9(6)14-4/h5-9,11-12H,3H2,1-2H3/t5?,6?,7-,8-,9-/m1/s1. The predicted octanol–water partition coefficient (Wildman–Crippen LogP) is -1.10. The molecule has 0 aliphatic carbocycles. The molecule has 0 saturated carbocycles. The van der Waals surface area contributed by atoms with Gasteiger partial charge in [0.1, 0.15) is 24.4 Å². The van der Waals surface area contributed by atoms with Gasteiger partial charge in [-0.2, -0.15) is 0 Å². The minimum Gasteiger partial charge on any atom is -0.450 e. The maximum Gasteiger partial charge on any atom is 0.227 e. The first-order valence-electron chi connectivity index (χ1n) is 4.85. The van der Waals surface area contributed by atoms with Crippen molar-refractivity contribution in [3.8, 4) is 0 Å². The largest absolute Gasteiger partial charge is 0.450 e. The van der Waals surface area contributed by atoms with Crippen LogP contribution in [0, 0.1) is 0 Å². The molecule has 1 fully saturated rings. The van der Waals surface area contributed by atoms with Gasteiger partial charge in [-0.05, 0) is 0 Å². The van der Waals surface area contributed by atoms with Crippen molar-refractivity contribution in [2.24, 2.45) is 4.99 Å². The zero-order valence-corrected chi connectivity index (χ0v) is 8.66. The van der Waals surface area contributed by atoms with Gasteiger partial charge in [-0.1, -0.05) is 0 Å². The highest BCUT2D eigenvalue weighted by molar-refractivity contribution is 5.75. The number of ether oxygens (including phenoxy) is 3. The van der Waals surface area contributed by atoms with Gasteiger partial charge in [-0.15, -0.1) is 0 Å². The Hall–Kier alpha value is -0.690. The normalized spacial score (nSPS) is 44.5. The summed E-state index contributed by atoms with van der Waals surface area (Å²) in [6, 6.07) is -0.460. The highest BCUT2D eigenvalue weighted by atomic mass is 16.7. The van der Waals surface area contributed by atoms with E-state index in [4.69, 9.17) is 19.3 Å². The SMILES string of the molecule is CO[C@@H]1C(CO)O[C@H]2OC(C)=NC2[C@H]1O. The zero-order chi connectivity index (χ0) is 11.0. The Bertz CT molecular complexity index is 269. The third-order valence-electron chi connectivity index (χ3n) is 2.71.